The van der Waals surface area contributed by atoms with Crippen LogP contribution in [-0.2, 0) is 0 Å². The van der Waals surface area contributed by atoms with Crippen molar-refractivity contribution in [1.82, 2.24) is 10.2 Å². The highest BCUT2D eigenvalue weighted by Crippen LogP contribution is 2.27. The predicted molar refractivity (Wildman–Crippen MR) is 77.8 cm³/mol. The maximum Gasteiger partial charge on any atom is 0.0149 e. The van der Waals surface area contributed by atoms with Crippen molar-refractivity contribution in [3.8, 4) is 0 Å². The SMILES string of the molecule is CC1CN(C(C)CC2CCCCN2)CC(C)S1. The van der Waals surface area contributed by atoms with Crippen LogP contribution in [0.1, 0.15) is 46.5 Å². The summed E-state index contributed by atoms with van der Waals surface area (Å²) in [5.41, 5.74) is 0. The summed E-state index contributed by atoms with van der Waals surface area (Å²) < 4.78 is 0. The van der Waals surface area contributed by atoms with Gasteiger partial charge in [-0.05, 0) is 32.7 Å². The van der Waals surface area contributed by atoms with Gasteiger partial charge in [-0.25, -0.2) is 0 Å². The molecular weight excluding hydrogens is 228 g/mol. The molecule has 0 aromatic heterocycles. The monoisotopic (exact) mass is 256 g/mol. The van der Waals surface area contributed by atoms with E-state index >= 15 is 0 Å². The van der Waals surface area contributed by atoms with E-state index in [1.54, 1.807) is 0 Å². The van der Waals surface area contributed by atoms with Gasteiger partial charge in [0.2, 0.25) is 0 Å². The molecule has 0 aromatic rings. The van der Waals surface area contributed by atoms with E-state index in [2.05, 4.69) is 42.7 Å². The average molecular weight is 256 g/mol. The molecule has 17 heavy (non-hydrogen) atoms. The van der Waals surface area contributed by atoms with Crippen LogP contribution >= 0.6 is 11.8 Å². The number of nitrogens with one attached hydrogen (secondary N) is 1. The van der Waals surface area contributed by atoms with Crippen molar-refractivity contribution >= 4 is 11.8 Å². The Balaban J connectivity index is 1.79. The van der Waals surface area contributed by atoms with Gasteiger partial charge in [0, 0.05) is 35.7 Å². The normalized spacial score (nSPS) is 37.9. The summed E-state index contributed by atoms with van der Waals surface area (Å²) in [7, 11) is 0. The Kier molecular flexibility index (Phi) is 5.19. The first-order valence-electron chi connectivity index (χ1n) is 7.28. The van der Waals surface area contributed by atoms with Gasteiger partial charge in [0.1, 0.15) is 0 Å². The topological polar surface area (TPSA) is 15.3 Å². The Bertz CT molecular complexity index is 218. The standard InChI is InChI=1S/C14H28N2S/c1-11(8-14-6-4-5-7-15-14)16-9-12(2)17-13(3)10-16/h11-15H,4-10H2,1-3H3. The zero-order chi connectivity index (χ0) is 12.3. The van der Waals surface area contributed by atoms with Crippen molar-refractivity contribution in [1.29, 1.82) is 0 Å². The molecule has 0 amide bonds. The maximum atomic E-state index is 3.68. The number of rotatable bonds is 3. The van der Waals surface area contributed by atoms with Crippen LogP contribution in [0.25, 0.3) is 0 Å². The third-order valence-electron chi connectivity index (χ3n) is 4.11. The highest BCUT2D eigenvalue weighted by molar-refractivity contribution is 8.00. The lowest BCUT2D eigenvalue weighted by atomic mass is 9.98. The number of hydrogen-bond donors (Lipinski definition) is 1. The first-order valence-corrected chi connectivity index (χ1v) is 8.22. The molecule has 0 saturated carbocycles. The largest absolute Gasteiger partial charge is 0.314 e. The van der Waals surface area contributed by atoms with E-state index in [9.17, 15) is 0 Å². The second kappa shape index (κ2) is 6.44. The maximum absolute atomic E-state index is 3.68. The first-order chi connectivity index (χ1) is 8.15. The van der Waals surface area contributed by atoms with Gasteiger partial charge in [-0.1, -0.05) is 20.3 Å². The molecule has 0 radical (unpaired) electrons. The van der Waals surface area contributed by atoms with Crippen molar-refractivity contribution in [3.63, 3.8) is 0 Å². The Morgan fingerprint density at radius 1 is 1.24 bits per heavy atom. The van der Waals surface area contributed by atoms with Crippen LogP contribution in [0.5, 0.6) is 0 Å². The average Bonchev–Trinajstić information content (AvgIpc) is 2.29. The van der Waals surface area contributed by atoms with Gasteiger partial charge in [-0.2, -0.15) is 11.8 Å². The number of hydrogen-bond acceptors (Lipinski definition) is 3. The van der Waals surface area contributed by atoms with Crippen LogP contribution in [0, 0.1) is 0 Å². The van der Waals surface area contributed by atoms with Crippen molar-refractivity contribution in [2.24, 2.45) is 0 Å². The van der Waals surface area contributed by atoms with Crippen molar-refractivity contribution in [2.75, 3.05) is 19.6 Å². The fourth-order valence-electron chi connectivity index (χ4n) is 3.26. The van der Waals surface area contributed by atoms with E-state index in [0.717, 1.165) is 22.6 Å². The van der Waals surface area contributed by atoms with Crippen LogP contribution in [0.2, 0.25) is 0 Å². The van der Waals surface area contributed by atoms with Gasteiger partial charge >= 0.3 is 0 Å². The quantitative estimate of drug-likeness (QED) is 0.836. The summed E-state index contributed by atoms with van der Waals surface area (Å²) >= 11 is 2.15. The molecule has 2 aliphatic heterocycles. The molecule has 100 valence electrons. The zero-order valence-electron chi connectivity index (χ0n) is 11.6. The van der Waals surface area contributed by atoms with Crippen LogP contribution in [0.4, 0.5) is 0 Å². The Morgan fingerprint density at radius 3 is 2.53 bits per heavy atom. The molecule has 2 rings (SSSR count). The Labute approximate surface area is 111 Å². The molecule has 0 spiro atoms. The summed E-state index contributed by atoms with van der Waals surface area (Å²) in [5, 5.41) is 5.29. The smallest absolute Gasteiger partial charge is 0.0149 e. The molecule has 1 N–H and O–H groups in total. The summed E-state index contributed by atoms with van der Waals surface area (Å²) in [4.78, 5) is 2.71. The fraction of sp³-hybridized carbons (Fsp3) is 1.00. The molecular formula is C14H28N2S. The van der Waals surface area contributed by atoms with Gasteiger partial charge in [-0.3, -0.25) is 4.90 Å². The summed E-state index contributed by atoms with van der Waals surface area (Å²) in [5.74, 6) is 0. The number of nitrogens with zero attached hydrogens (tertiary/aromatic N) is 1. The van der Waals surface area contributed by atoms with E-state index in [4.69, 9.17) is 0 Å². The summed E-state index contributed by atoms with van der Waals surface area (Å²) in [6.45, 7) is 11.0. The highest BCUT2D eigenvalue weighted by Gasteiger charge is 2.27. The number of thioether (sulfide) groups is 1. The Morgan fingerprint density at radius 2 is 1.94 bits per heavy atom. The van der Waals surface area contributed by atoms with Crippen molar-refractivity contribution in [2.45, 2.75) is 69.0 Å². The van der Waals surface area contributed by atoms with E-state index < -0.39 is 0 Å². The molecule has 4 atom stereocenters. The Hall–Kier alpha value is 0.270. The zero-order valence-corrected chi connectivity index (χ0v) is 12.4. The van der Waals surface area contributed by atoms with Crippen LogP contribution in [-0.4, -0.2) is 47.1 Å². The predicted octanol–water partition coefficient (Wildman–Crippen LogP) is 2.73. The van der Waals surface area contributed by atoms with Gasteiger partial charge in [0.25, 0.3) is 0 Å². The minimum atomic E-state index is 0.747. The van der Waals surface area contributed by atoms with Crippen molar-refractivity contribution < 1.29 is 0 Å². The minimum Gasteiger partial charge on any atom is -0.314 e. The summed E-state index contributed by atoms with van der Waals surface area (Å²) in [6, 6.07) is 1.52. The van der Waals surface area contributed by atoms with Gasteiger partial charge in [0.15, 0.2) is 0 Å². The van der Waals surface area contributed by atoms with Gasteiger partial charge < -0.3 is 5.32 Å². The molecule has 2 saturated heterocycles. The molecule has 2 fully saturated rings. The lowest BCUT2D eigenvalue weighted by Crippen LogP contribution is -2.48. The van der Waals surface area contributed by atoms with E-state index in [1.807, 2.05) is 0 Å². The minimum absolute atomic E-state index is 0.747. The second-order valence-corrected chi connectivity index (χ2v) is 7.82. The lowest BCUT2D eigenvalue weighted by Gasteiger charge is -2.40. The number of piperidine rings is 1. The third kappa shape index (κ3) is 4.15. The molecule has 2 aliphatic rings. The molecule has 3 heteroatoms. The van der Waals surface area contributed by atoms with E-state index in [0.29, 0.717) is 0 Å². The second-order valence-electron chi connectivity index (χ2n) is 5.94. The van der Waals surface area contributed by atoms with E-state index in [1.165, 1.54) is 45.3 Å². The molecule has 0 aromatic carbocycles. The van der Waals surface area contributed by atoms with E-state index in [-0.39, 0.29) is 0 Å². The summed E-state index contributed by atoms with van der Waals surface area (Å²) in [6.07, 6.45) is 5.52. The fourth-order valence-corrected chi connectivity index (χ4v) is 4.61. The van der Waals surface area contributed by atoms with Crippen molar-refractivity contribution in [3.05, 3.63) is 0 Å². The van der Waals surface area contributed by atoms with Crippen LogP contribution in [0.3, 0.4) is 0 Å². The third-order valence-corrected chi connectivity index (χ3v) is 5.34. The molecule has 0 aliphatic carbocycles. The van der Waals surface area contributed by atoms with Gasteiger partial charge in [-0.15, -0.1) is 0 Å². The molecule has 2 nitrogen and oxygen atoms in total. The highest BCUT2D eigenvalue weighted by atomic mass is 32.2. The molecule has 2 heterocycles. The van der Waals surface area contributed by atoms with Crippen LogP contribution < -0.4 is 5.32 Å². The first kappa shape index (κ1) is 13.7. The van der Waals surface area contributed by atoms with Crippen LogP contribution in [0.15, 0.2) is 0 Å². The van der Waals surface area contributed by atoms with Gasteiger partial charge in [0.05, 0.1) is 0 Å². The molecule has 4 unspecified atom stereocenters. The molecule has 0 bridgehead atoms. The lowest BCUT2D eigenvalue weighted by molar-refractivity contribution is 0.177.